The van der Waals surface area contributed by atoms with Gasteiger partial charge in [-0.25, -0.2) is 9.97 Å². The Bertz CT molecular complexity index is 646. The van der Waals surface area contributed by atoms with E-state index >= 15 is 0 Å². The van der Waals surface area contributed by atoms with Crippen molar-refractivity contribution in [2.24, 2.45) is 0 Å². The molecule has 5 heteroatoms. The Morgan fingerprint density at radius 1 is 1.14 bits per heavy atom. The van der Waals surface area contributed by atoms with E-state index in [4.69, 9.17) is 0 Å². The number of hydrogen-bond donors (Lipinski definition) is 2. The van der Waals surface area contributed by atoms with Gasteiger partial charge in [0.25, 0.3) is 0 Å². The van der Waals surface area contributed by atoms with Gasteiger partial charge in [-0.2, -0.15) is 5.26 Å². The average molecular weight is 295 g/mol. The maximum atomic E-state index is 9.26. The highest BCUT2D eigenvalue weighted by Gasteiger charge is 2.10. The SMILES string of the molecule is CCCCNc1nc(C)c(CNc2ccccc2)nc1C#N. The summed E-state index contributed by atoms with van der Waals surface area (Å²) in [4.78, 5) is 8.93. The zero-order chi connectivity index (χ0) is 15.8. The van der Waals surface area contributed by atoms with Crippen LogP contribution in [0.2, 0.25) is 0 Å². The first-order valence-electron chi connectivity index (χ1n) is 7.55. The highest BCUT2D eigenvalue weighted by atomic mass is 15.0. The lowest BCUT2D eigenvalue weighted by Crippen LogP contribution is -2.12. The lowest BCUT2D eigenvalue weighted by atomic mass is 10.2. The van der Waals surface area contributed by atoms with Gasteiger partial charge in [-0.3, -0.25) is 0 Å². The number of nitrogens with zero attached hydrogens (tertiary/aromatic N) is 3. The molecule has 0 aliphatic carbocycles. The van der Waals surface area contributed by atoms with Crippen LogP contribution < -0.4 is 10.6 Å². The Morgan fingerprint density at radius 2 is 1.91 bits per heavy atom. The third kappa shape index (κ3) is 4.19. The van der Waals surface area contributed by atoms with Crippen molar-refractivity contribution in [3.8, 4) is 6.07 Å². The van der Waals surface area contributed by atoms with Crippen LogP contribution >= 0.6 is 0 Å². The van der Waals surface area contributed by atoms with Crippen molar-refractivity contribution in [3.63, 3.8) is 0 Å². The van der Waals surface area contributed by atoms with Crippen LogP contribution in [0.25, 0.3) is 0 Å². The summed E-state index contributed by atoms with van der Waals surface area (Å²) in [6.07, 6.45) is 2.14. The van der Waals surface area contributed by atoms with Crippen LogP contribution in [-0.4, -0.2) is 16.5 Å². The molecule has 22 heavy (non-hydrogen) atoms. The summed E-state index contributed by atoms with van der Waals surface area (Å²) in [7, 11) is 0. The lowest BCUT2D eigenvalue weighted by Gasteiger charge is -2.11. The molecule has 0 amide bonds. The van der Waals surface area contributed by atoms with E-state index in [-0.39, 0.29) is 0 Å². The van der Waals surface area contributed by atoms with E-state index in [2.05, 4.69) is 33.6 Å². The van der Waals surface area contributed by atoms with Crippen molar-refractivity contribution in [2.75, 3.05) is 17.2 Å². The Labute approximate surface area is 131 Å². The summed E-state index contributed by atoms with van der Waals surface area (Å²) < 4.78 is 0. The summed E-state index contributed by atoms with van der Waals surface area (Å²) in [5, 5.41) is 15.7. The fourth-order valence-corrected chi connectivity index (χ4v) is 2.05. The summed E-state index contributed by atoms with van der Waals surface area (Å²) in [5.74, 6) is 0.580. The van der Waals surface area contributed by atoms with Crippen molar-refractivity contribution in [3.05, 3.63) is 47.4 Å². The number of aromatic nitrogens is 2. The predicted octanol–water partition coefficient (Wildman–Crippen LogP) is 3.48. The van der Waals surface area contributed by atoms with Gasteiger partial charge in [0.15, 0.2) is 11.5 Å². The zero-order valence-corrected chi connectivity index (χ0v) is 13.1. The number of benzene rings is 1. The minimum Gasteiger partial charge on any atom is -0.379 e. The summed E-state index contributed by atoms with van der Waals surface area (Å²) in [6, 6.07) is 12.0. The van der Waals surface area contributed by atoms with E-state index < -0.39 is 0 Å². The molecule has 0 fully saturated rings. The molecule has 0 spiro atoms. The van der Waals surface area contributed by atoms with Crippen LogP contribution in [0.1, 0.15) is 36.8 Å². The molecule has 0 aliphatic rings. The molecule has 0 atom stereocenters. The van der Waals surface area contributed by atoms with E-state index in [1.807, 2.05) is 37.3 Å². The van der Waals surface area contributed by atoms with Gasteiger partial charge in [0, 0.05) is 12.2 Å². The van der Waals surface area contributed by atoms with E-state index in [0.29, 0.717) is 18.1 Å². The molecular formula is C17H21N5. The van der Waals surface area contributed by atoms with Gasteiger partial charge >= 0.3 is 0 Å². The second-order valence-electron chi connectivity index (χ2n) is 5.06. The van der Waals surface area contributed by atoms with Gasteiger partial charge in [0.1, 0.15) is 6.07 Å². The molecule has 5 nitrogen and oxygen atoms in total. The summed E-state index contributed by atoms with van der Waals surface area (Å²) >= 11 is 0. The maximum absolute atomic E-state index is 9.26. The fourth-order valence-electron chi connectivity index (χ4n) is 2.05. The number of rotatable bonds is 7. The Hall–Kier alpha value is -2.61. The van der Waals surface area contributed by atoms with Crippen LogP contribution in [0.3, 0.4) is 0 Å². The molecule has 0 radical (unpaired) electrons. The molecule has 0 saturated carbocycles. The molecule has 2 aromatic rings. The Balaban J connectivity index is 2.10. The molecule has 0 bridgehead atoms. The molecule has 0 aliphatic heterocycles. The van der Waals surface area contributed by atoms with E-state index in [1.165, 1.54) is 0 Å². The third-order valence-corrected chi connectivity index (χ3v) is 3.33. The fraction of sp³-hybridized carbons (Fsp3) is 0.353. The number of nitriles is 1. The van der Waals surface area contributed by atoms with Gasteiger partial charge in [-0.1, -0.05) is 31.5 Å². The predicted molar refractivity (Wildman–Crippen MR) is 88.7 cm³/mol. The number of aryl methyl sites for hydroxylation is 1. The van der Waals surface area contributed by atoms with Crippen LogP contribution in [-0.2, 0) is 6.54 Å². The van der Waals surface area contributed by atoms with Crippen molar-refractivity contribution < 1.29 is 0 Å². The second kappa shape index (κ2) is 7.99. The first-order valence-corrected chi connectivity index (χ1v) is 7.55. The highest BCUT2D eigenvalue weighted by molar-refractivity contribution is 5.49. The molecule has 2 rings (SSSR count). The van der Waals surface area contributed by atoms with Crippen molar-refractivity contribution in [1.29, 1.82) is 5.26 Å². The van der Waals surface area contributed by atoms with Gasteiger partial charge < -0.3 is 10.6 Å². The van der Waals surface area contributed by atoms with Gasteiger partial charge in [0.05, 0.1) is 17.9 Å². The minimum absolute atomic E-state index is 0.353. The molecule has 0 saturated heterocycles. The maximum Gasteiger partial charge on any atom is 0.183 e. The average Bonchev–Trinajstić information content (AvgIpc) is 2.55. The van der Waals surface area contributed by atoms with Crippen LogP contribution in [0, 0.1) is 18.3 Å². The highest BCUT2D eigenvalue weighted by Crippen LogP contribution is 2.15. The number of anilines is 2. The molecule has 1 aromatic carbocycles. The van der Waals surface area contributed by atoms with Crippen molar-refractivity contribution in [1.82, 2.24) is 9.97 Å². The largest absolute Gasteiger partial charge is 0.379 e. The van der Waals surface area contributed by atoms with Crippen LogP contribution in [0.5, 0.6) is 0 Å². The Kier molecular flexibility index (Phi) is 5.73. The monoisotopic (exact) mass is 295 g/mol. The van der Waals surface area contributed by atoms with Gasteiger partial charge in [-0.15, -0.1) is 0 Å². The minimum atomic E-state index is 0.353. The molecule has 0 unspecified atom stereocenters. The quantitative estimate of drug-likeness (QED) is 0.765. The van der Waals surface area contributed by atoms with Crippen LogP contribution in [0.4, 0.5) is 11.5 Å². The van der Waals surface area contributed by atoms with Crippen molar-refractivity contribution in [2.45, 2.75) is 33.2 Å². The summed E-state index contributed by atoms with van der Waals surface area (Å²) in [5.41, 5.74) is 3.00. The second-order valence-corrected chi connectivity index (χ2v) is 5.06. The van der Waals surface area contributed by atoms with Crippen LogP contribution in [0.15, 0.2) is 30.3 Å². The van der Waals surface area contributed by atoms with E-state index in [9.17, 15) is 5.26 Å². The number of para-hydroxylation sites is 1. The molecule has 1 heterocycles. The standard InChI is InChI=1S/C17H21N5/c1-3-4-10-19-17-15(11-18)22-16(13(2)21-17)12-20-14-8-6-5-7-9-14/h5-9,20H,3-4,10,12H2,1-2H3,(H,19,21). The first kappa shape index (κ1) is 15.8. The van der Waals surface area contributed by atoms with E-state index in [0.717, 1.165) is 36.5 Å². The number of unbranched alkanes of at least 4 members (excludes halogenated alkanes) is 1. The van der Waals surface area contributed by atoms with Crippen molar-refractivity contribution >= 4 is 11.5 Å². The molecule has 2 N–H and O–H groups in total. The third-order valence-electron chi connectivity index (χ3n) is 3.33. The topological polar surface area (TPSA) is 73.6 Å². The molecule has 114 valence electrons. The number of nitrogens with one attached hydrogen (secondary N) is 2. The molecular weight excluding hydrogens is 274 g/mol. The normalized spacial score (nSPS) is 10.0. The lowest BCUT2D eigenvalue weighted by molar-refractivity contribution is 0.826. The smallest absolute Gasteiger partial charge is 0.183 e. The number of hydrogen-bond acceptors (Lipinski definition) is 5. The Morgan fingerprint density at radius 3 is 2.59 bits per heavy atom. The zero-order valence-electron chi connectivity index (χ0n) is 13.1. The van der Waals surface area contributed by atoms with Gasteiger partial charge in [0.2, 0.25) is 0 Å². The first-order chi connectivity index (χ1) is 10.7. The molecule has 1 aromatic heterocycles. The summed E-state index contributed by atoms with van der Waals surface area (Å²) in [6.45, 7) is 5.40. The van der Waals surface area contributed by atoms with E-state index in [1.54, 1.807) is 0 Å². The van der Waals surface area contributed by atoms with Gasteiger partial charge in [-0.05, 0) is 25.5 Å².